The van der Waals surface area contributed by atoms with E-state index in [-0.39, 0.29) is 6.61 Å². The number of hydrogen-bond donors (Lipinski definition) is 27. The highest BCUT2D eigenvalue weighted by molar-refractivity contribution is 5.68. The smallest absolute Gasteiger partial charge is 0.329 e. The van der Waals surface area contributed by atoms with Crippen molar-refractivity contribution in [3.63, 3.8) is 0 Å². The first kappa shape index (κ1) is 96.0. The molecule has 0 spiro atoms. The van der Waals surface area contributed by atoms with Crippen LogP contribution in [0.15, 0.2) is 57.6 Å². The van der Waals surface area contributed by atoms with Gasteiger partial charge in [0.1, 0.15) is 73.8 Å². The predicted octanol–water partition coefficient (Wildman–Crippen LogP) is -4.76. The number of aliphatic hydroxyl groups is 26. The van der Waals surface area contributed by atoms with Gasteiger partial charge in [-0.05, 0) is 48.0 Å². The summed E-state index contributed by atoms with van der Waals surface area (Å²) in [7, 11) is 0. The molecule has 43 heteroatoms. The maximum Gasteiger partial charge on any atom is 0.329 e. The van der Waals surface area contributed by atoms with Crippen molar-refractivity contribution in [2.75, 3.05) is 92.5 Å². The lowest BCUT2D eigenvalue weighted by Gasteiger charge is -2.43. The number of carbonyl (C=O) groups is 1. The molecule has 0 saturated carbocycles. The van der Waals surface area contributed by atoms with Crippen molar-refractivity contribution in [2.24, 2.45) is 0 Å². The average Bonchev–Trinajstić information content (AvgIpc) is 0.797. The summed E-state index contributed by atoms with van der Waals surface area (Å²) >= 11 is 0. The molecule has 0 aromatic carbocycles. The predicted molar refractivity (Wildman–Crippen MR) is 345 cm³/mol. The van der Waals surface area contributed by atoms with Gasteiger partial charge >= 0.3 is 5.97 Å². The summed E-state index contributed by atoms with van der Waals surface area (Å²) in [6.45, 7) is -0.0538. The van der Waals surface area contributed by atoms with E-state index < -0.39 is 342 Å². The largest absolute Gasteiger partial charge is 0.506 e. The zero-order valence-corrected chi connectivity index (χ0v) is 58.7. The summed E-state index contributed by atoms with van der Waals surface area (Å²) in [5.74, 6) is -17.2. The molecule has 2 bridgehead atoms. The van der Waals surface area contributed by atoms with Crippen LogP contribution in [0.4, 0.5) is 0 Å². The van der Waals surface area contributed by atoms with Crippen LogP contribution in [0.3, 0.4) is 0 Å². The van der Waals surface area contributed by atoms with E-state index >= 15 is 0 Å². The van der Waals surface area contributed by atoms with Crippen molar-refractivity contribution in [2.45, 2.75) is 234 Å². The van der Waals surface area contributed by atoms with E-state index in [0.29, 0.717) is 0 Å². The minimum atomic E-state index is -2.93. The number of carboxylic acid groups (broad SMARTS) is 1. The zero-order valence-electron chi connectivity index (χ0n) is 58.7. The minimum absolute atomic E-state index is 0.365. The van der Waals surface area contributed by atoms with Crippen molar-refractivity contribution in [3.05, 3.63) is 57.6 Å². The molecule has 3 aliphatic rings. The maximum atomic E-state index is 11.7. The molecule has 0 radical (unpaired) electrons. The second kappa shape index (κ2) is 49.9. The van der Waals surface area contributed by atoms with Crippen molar-refractivity contribution in [1.29, 1.82) is 0 Å². The van der Waals surface area contributed by atoms with Gasteiger partial charge in [0, 0.05) is 71.7 Å². The highest BCUT2D eigenvalue weighted by atomic mass is 16.7. The third kappa shape index (κ3) is 35.0. The van der Waals surface area contributed by atoms with Gasteiger partial charge in [0.25, 0.3) is 0 Å². The Hall–Kier alpha value is -5.07. The molecule has 0 aromatic heterocycles. The number of aliphatic carboxylic acids is 1. The van der Waals surface area contributed by atoms with E-state index in [9.17, 15) is 143 Å². The monoisotopic (exact) mass is 1540 g/mol. The first-order valence-electron chi connectivity index (χ1n) is 33.2. The summed E-state index contributed by atoms with van der Waals surface area (Å²) in [5.41, 5.74) is 0. The molecule has 0 amide bonds. The van der Waals surface area contributed by atoms with Crippen LogP contribution >= 0.6 is 0 Å². The topological polar surface area (TPSA) is 702 Å². The molecule has 3 heterocycles. The highest BCUT2D eigenvalue weighted by Gasteiger charge is 2.49. The fraction of sp³-hybridized carbons (Fsp3) is 0.823. The van der Waals surface area contributed by atoms with Gasteiger partial charge in [0.15, 0.2) is 70.2 Å². The molecule has 3 aliphatic heterocycles. The molecule has 27 N–H and O–H groups in total. The summed E-state index contributed by atoms with van der Waals surface area (Å²) < 4.78 is 81.5. The first-order valence-corrected chi connectivity index (χ1v) is 33.2. The Balaban J connectivity index is 3.18. The Bertz CT molecular complexity index is 2580. The second-order valence-corrected chi connectivity index (χ2v) is 24.6. The van der Waals surface area contributed by atoms with Crippen LogP contribution in [0.2, 0.25) is 0 Å². The Kier molecular flexibility index (Phi) is 45.6. The molecule has 25 unspecified atom stereocenters. The molecule has 3 rings (SSSR count). The van der Waals surface area contributed by atoms with E-state index in [4.69, 9.17) is 71.1 Å². The SMILES string of the molecule is CC(O)COCCC1OC(O)/C(O)=C(/O)C(CCOCC(C)O)OC(O)/C(O)=C(\O)C(CCOCC(C)O)OC2OC(COCC(C)O)C(OC(O)/C(O)=C(/O)C(CCOCC(C)O)OC(O)/C(O)=C(\O)C(CCOCC(C)O)OC(O)C(O)C(O)C(CCOCC(=O)O)OC(O)/C(O)=C\1O)C(O)C2O. The number of fused-ring (bicyclic) bond motifs is 27. The maximum absolute atomic E-state index is 11.7. The third-order valence-corrected chi connectivity index (χ3v) is 14.6. The fourth-order valence-corrected chi connectivity index (χ4v) is 9.28. The third-order valence-electron chi connectivity index (χ3n) is 14.6. The number of carboxylic acids is 1. The second-order valence-electron chi connectivity index (χ2n) is 24.6. The van der Waals surface area contributed by atoms with Gasteiger partial charge in [0.2, 0.25) is 31.5 Å². The van der Waals surface area contributed by atoms with Crippen molar-refractivity contribution < 1.29 is 214 Å². The zero-order chi connectivity index (χ0) is 79.5. The van der Waals surface area contributed by atoms with Gasteiger partial charge in [-0.3, -0.25) is 0 Å². The molecule has 1 saturated heterocycles. The molecule has 0 aliphatic carbocycles. The van der Waals surface area contributed by atoms with E-state index in [1.54, 1.807) is 0 Å². The van der Waals surface area contributed by atoms with Crippen LogP contribution in [0.1, 0.15) is 80.1 Å². The molecule has 0 aromatic rings. The van der Waals surface area contributed by atoms with Crippen molar-refractivity contribution in [3.8, 4) is 0 Å². The molecular weight excluding hydrogens is 1430 g/mol. The lowest BCUT2D eigenvalue weighted by Crippen LogP contribution is -2.61. The number of rotatable bonds is 34. The quantitative estimate of drug-likeness (QED) is 0.0269. The highest BCUT2D eigenvalue weighted by Crippen LogP contribution is 2.32. The molecule has 1 fully saturated rings. The van der Waals surface area contributed by atoms with Gasteiger partial charge in [-0.15, -0.1) is 0 Å². The van der Waals surface area contributed by atoms with Crippen LogP contribution < -0.4 is 0 Å². The van der Waals surface area contributed by atoms with Gasteiger partial charge in [-0.1, -0.05) is 0 Å². The standard InChI is InChI=1S/C62H110O43/c1-27(63)19-91-13-7-33-41(71)49(79)58(87)101-36(10-16-94-22-30(4)66)45(75)53(83)61(90)105-55-39(25-97-24-32(6)68)104-62(54(84)47(55)77)103-38(12-17-95-23-31(5)67)46(76)52(82)60(89)100-35(9-15-93-21-29(3)65)43(73)48(78)56(85)98-34(8-14-92-20-28(2)64)42(72)50(80)59(88)102-37(11-18-96-26-40(69)70)44(74)51(81)57(86)99-33/h27-39,44,47,51,54-68,71-90H,7-26H2,1-6H3,(H,69,70)/b48-43-,49-41+,50-42-,52-46+,53-45-. The van der Waals surface area contributed by atoms with Crippen LogP contribution in [-0.2, 0) is 75.8 Å². The molecule has 43 nitrogen and oxygen atoms in total. The number of hydrogen-bond acceptors (Lipinski definition) is 42. The Labute approximate surface area is 602 Å². The summed E-state index contributed by atoms with van der Waals surface area (Å²) in [4.78, 5) is 11.3. The molecule has 25 atom stereocenters. The summed E-state index contributed by atoms with van der Waals surface area (Å²) in [6.07, 6.45) is -58.1. The van der Waals surface area contributed by atoms with E-state index in [2.05, 4.69) is 0 Å². The number of aliphatic hydroxyl groups excluding tert-OH is 26. The number of ether oxygens (including phenoxy) is 15. The Morgan fingerprint density at radius 1 is 0.314 bits per heavy atom. The van der Waals surface area contributed by atoms with Gasteiger partial charge in [0.05, 0.1) is 89.0 Å². The lowest BCUT2D eigenvalue weighted by atomic mass is 9.98. The van der Waals surface area contributed by atoms with Gasteiger partial charge < -0.3 is 209 Å². The van der Waals surface area contributed by atoms with Crippen molar-refractivity contribution >= 4 is 5.97 Å². The van der Waals surface area contributed by atoms with E-state index in [1.165, 1.54) is 41.5 Å². The van der Waals surface area contributed by atoms with Gasteiger partial charge in [-0.2, -0.15) is 0 Å². The lowest BCUT2D eigenvalue weighted by molar-refractivity contribution is -0.331. The summed E-state index contributed by atoms with van der Waals surface area (Å²) in [5, 5.41) is 298. The van der Waals surface area contributed by atoms with E-state index in [0.717, 1.165) is 0 Å². The average molecular weight is 1540 g/mol. The Morgan fingerprint density at radius 2 is 0.600 bits per heavy atom. The van der Waals surface area contributed by atoms with Crippen LogP contribution in [0.25, 0.3) is 0 Å². The fourth-order valence-electron chi connectivity index (χ4n) is 9.28. The van der Waals surface area contributed by atoms with Crippen LogP contribution in [0.5, 0.6) is 0 Å². The first-order chi connectivity index (χ1) is 49.2. The van der Waals surface area contributed by atoms with Crippen LogP contribution in [0, 0.1) is 0 Å². The van der Waals surface area contributed by atoms with Crippen molar-refractivity contribution in [1.82, 2.24) is 0 Å². The molecule has 105 heavy (non-hydrogen) atoms. The molecular formula is C62H110O43. The van der Waals surface area contributed by atoms with Gasteiger partial charge in [-0.25, -0.2) is 4.79 Å². The van der Waals surface area contributed by atoms with Crippen LogP contribution in [-0.4, -0.2) is 390 Å². The summed E-state index contributed by atoms with van der Waals surface area (Å²) in [6, 6.07) is 0. The van der Waals surface area contributed by atoms with E-state index in [1.807, 2.05) is 0 Å². The molecule has 616 valence electrons. The normalized spacial score (nSPS) is 35.4. The minimum Gasteiger partial charge on any atom is -0.506 e. The Morgan fingerprint density at radius 3 is 0.924 bits per heavy atom.